The molecular weight excluding hydrogens is 286 g/mol. The maximum atomic E-state index is 9.99. The summed E-state index contributed by atoms with van der Waals surface area (Å²) in [5.41, 5.74) is 6.76. The van der Waals surface area contributed by atoms with Gasteiger partial charge in [0, 0.05) is 12.6 Å². The van der Waals surface area contributed by atoms with Crippen molar-refractivity contribution in [2.75, 3.05) is 6.61 Å². The summed E-state index contributed by atoms with van der Waals surface area (Å²) in [4.78, 5) is 0. The van der Waals surface area contributed by atoms with Crippen molar-refractivity contribution in [2.24, 2.45) is 5.73 Å². The molecule has 0 aromatic rings. The van der Waals surface area contributed by atoms with E-state index in [1.54, 1.807) is 0 Å². The Kier molecular flexibility index (Phi) is 16.2. The number of aliphatic hydroxyl groups is 2. The second-order valence-corrected chi connectivity index (χ2v) is 6.89. The van der Waals surface area contributed by atoms with E-state index in [2.05, 4.69) is 13.0 Å². The second-order valence-electron chi connectivity index (χ2n) is 6.89. The minimum Gasteiger partial charge on any atom is -0.396 e. The van der Waals surface area contributed by atoms with Crippen LogP contribution in [0.1, 0.15) is 97.3 Å². The number of rotatable bonds is 16. The third-order valence-electron chi connectivity index (χ3n) is 4.61. The minimum atomic E-state index is -0.616. The molecule has 4 N–H and O–H groups in total. The number of allylic oxidation sites excluding steroid dienone is 1. The summed E-state index contributed by atoms with van der Waals surface area (Å²) in [5.74, 6) is 0. The lowest BCUT2D eigenvalue weighted by Crippen LogP contribution is -2.36. The molecule has 0 radical (unpaired) electrons. The highest BCUT2D eigenvalue weighted by Gasteiger charge is 2.15. The molecule has 138 valence electrons. The Labute approximate surface area is 144 Å². The molecule has 0 aliphatic carbocycles. The Bertz CT molecular complexity index is 279. The number of aliphatic hydroxyl groups excluding tert-OH is 2. The van der Waals surface area contributed by atoms with Crippen LogP contribution in [0.4, 0.5) is 0 Å². The molecule has 0 amide bonds. The molecule has 0 aliphatic heterocycles. The van der Waals surface area contributed by atoms with E-state index in [1.807, 2.05) is 6.92 Å². The number of unbranched alkanes of at least 4 members (excludes halogenated alkanes) is 11. The van der Waals surface area contributed by atoms with E-state index in [1.165, 1.54) is 70.6 Å². The van der Waals surface area contributed by atoms with E-state index in [0.717, 1.165) is 12.0 Å². The minimum absolute atomic E-state index is 0.0319. The van der Waals surface area contributed by atoms with E-state index in [0.29, 0.717) is 6.42 Å². The van der Waals surface area contributed by atoms with Crippen molar-refractivity contribution in [3.63, 3.8) is 0 Å². The van der Waals surface area contributed by atoms with Gasteiger partial charge in [-0.3, -0.25) is 0 Å². The SMILES string of the molecule is CCCCCCCCCCCCC/C=C(/C)[C@@H](O)[C@@H](N)CCO. The van der Waals surface area contributed by atoms with Crippen LogP contribution in [-0.2, 0) is 0 Å². The lowest BCUT2D eigenvalue weighted by Gasteiger charge is -2.18. The number of hydrogen-bond acceptors (Lipinski definition) is 3. The first-order valence-corrected chi connectivity index (χ1v) is 9.84. The van der Waals surface area contributed by atoms with Crippen LogP contribution >= 0.6 is 0 Å². The van der Waals surface area contributed by atoms with Crippen LogP contribution in [0.3, 0.4) is 0 Å². The molecule has 3 heteroatoms. The molecule has 0 spiro atoms. The summed E-state index contributed by atoms with van der Waals surface area (Å²) in [7, 11) is 0. The molecule has 0 saturated carbocycles. The van der Waals surface area contributed by atoms with Gasteiger partial charge in [-0.1, -0.05) is 77.2 Å². The predicted octanol–water partition coefficient (Wildman–Crippen LogP) is 4.70. The third kappa shape index (κ3) is 13.7. The van der Waals surface area contributed by atoms with Crippen molar-refractivity contribution in [2.45, 2.75) is 109 Å². The van der Waals surface area contributed by atoms with Gasteiger partial charge in [0.15, 0.2) is 0 Å². The summed E-state index contributed by atoms with van der Waals surface area (Å²) in [5, 5.41) is 18.8. The normalized spacial score (nSPS) is 14.9. The van der Waals surface area contributed by atoms with Gasteiger partial charge in [0.2, 0.25) is 0 Å². The molecule has 0 saturated heterocycles. The smallest absolute Gasteiger partial charge is 0.0899 e. The van der Waals surface area contributed by atoms with Crippen molar-refractivity contribution in [1.82, 2.24) is 0 Å². The molecule has 3 nitrogen and oxygen atoms in total. The van der Waals surface area contributed by atoms with Crippen LogP contribution in [0.15, 0.2) is 11.6 Å². The second kappa shape index (κ2) is 16.5. The average molecular weight is 328 g/mol. The molecule has 2 atom stereocenters. The molecular formula is C20H41NO2. The van der Waals surface area contributed by atoms with E-state index >= 15 is 0 Å². The number of nitrogens with two attached hydrogens (primary N) is 1. The highest BCUT2D eigenvalue weighted by molar-refractivity contribution is 5.07. The van der Waals surface area contributed by atoms with Gasteiger partial charge >= 0.3 is 0 Å². The van der Waals surface area contributed by atoms with Crippen LogP contribution < -0.4 is 5.73 Å². The van der Waals surface area contributed by atoms with Crippen molar-refractivity contribution in [3.05, 3.63) is 11.6 Å². The number of hydrogen-bond donors (Lipinski definition) is 3. The van der Waals surface area contributed by atoms with Crippen molar-refractivity contribution in [3.8, 4) is 0 Å². The van der Waals surface area contributed by atoms with Gasteiger partial charge < -0.3 is 15.9 Å². The molecule has 0 aromatic heterocycles. The molecule has 0 heterocycles. The molecule has 0 unspecified atom stereocenters. The fourth-order valence-electron chi connectivity index (χ4n) is 2.90. The Balaban J connectivity index is 3.45. The summed E-state index contributed by atoms with van der Waals surface area (Å²) in [6, 6.07) is -0.353. The zero-order chi connectivity index (χ0) is 17.3. The molecule has 0 aliphatic rings. The largest absolute Gasteiger partial charge is 0.396 e. The summed E-state index contributed by atoms with van der Waals surface area (Å²) in [6.45, 7) is 4.23. The van der Waals surface area contributed by atoms with Gasteiger partial charge in [0.1, 0.15) is 0 Å². The topological polar surface area (TPSA) is 66.5 Å². The highest BCUT2D eigenvalue weighted by Crippen LogP contribution is 2.13. The Morgan fingerprint density at radius 2 is 1.39 bits per heavy atom. The van der Waals surface area contributed by atoms with Crippen LogP contribution in [0, 0.1) is 0 Å². The highest BCUT2D eigenvalue weighted by atomic mass is 16.3. The maximum Gasteiger partial charge on any atom is 0.0899 e. The van der Waals surface area contributed by atoms with Gasteiger partial charge in [-0.2, -0.15) is 0 Å². The van der Waals surface area contributed by atoms with Crippen LogP contribution in [0.5, 0.6) is 0 Å². The van der Waals surface area contributed by atoms with E-state index in [-0.39, 0.29) is 12.6 Å². The van der Waals surface area contributed by atoms with Gasteiger partial charge in [0.25, 0.3) is 0 Å². The van der Waals surface area contributed by atoms with Crippen LogP contribution in [0.25, 0.3) is 0 Å². The van der Waals surface area contributed by atoms with Crippen molar-refractivity contribution >= 4 is 0 Å². The Hall–Kier alpha value is -0.380. The first-order valence-electron chi connectivity index (χ1n) is 9.84. The first-order chi connectivity index (χ1) is 11.1. The van der Waals surface area contributed by atoms with Gasteiger partial charge in [0.05, 0.1) is 6.10 Å². The molecule has 0 aromatic carbocycles. The zero-order valence-electron chi connectivity index (χ0n) is 15.6. The van der Waals surface area contributed by atoms with Gasteiger partial charge in [-0.25, -0.2) is 0 Å². The predicted molar refractivity (Wildman–Crippen MR) is 101 cm³/mol. The quantitative estimate of drug-likeness (QED) is 0.284. The van der Waals surface area contributed by atoms with E-state index in [4.69, 9.17) is 10.8 Å². The van der Waals surface area contributed by atoms with Crippen LogP contribution in [-0.4, -0.2) is 29.0 Å². The first kappa shape index (κ1) is 22.6. The van der Waals surface area contributed by atoms with Crippen LogP contribution in [0.2, 0.25) is 0 Å². The lowest BCUT2D eigenvalue weighted by molar-refractivity contribution is 0.157. The maximum absolute atomic E-state index is 9.99. The van der Waals surface area contributed by atoms with Crippen molar-refractivity contribution in [1.29, 1.82) is 0 Å². The van der Waals surface area contributed by atoms with Crippen molar-refractivity contribution < 1.29 is 10.2 Å². The molecule has 0 fully saturated rings. The lowest BCUT2D eigenvalue weighted by atomic mass is 10.00. The molecule has 0 rings (SSSR count). The van der Waals surface area contributed by atoms with Gasteiger partial charge in [-0.05, 0) is 31.8 Å². The third-order valence-corrected chi connectivity index (χ3v) is 4.61. The summed E-state index contributed by atoms with van der Waals surface area (Å²) < 4.78 is 0. The average Bonchev–Trinajstić information content (AvgIpc) is 2.55. The Morgan fingerprint density at radius 1 is 0.913 bits per heavy atom. The Morgan fingerprint density at radius 3 is 1.87 bits per heavy atom. The molecule has 23 heavy (non-hydrogen) atoms. The monoisotopic (exact) mass is 327 g/mol. The van der Waals surface area contributed by atoms with E-state index in [9.17, 15) is 5.11 Å². The fourth-order valence-corrected chi connectivity index (χ4v) is 2.90. The summed E-state index contributed by atoms with van der Waals surface area (Å²) in [6.07, 6.45) is 17.9. The summed E-state index contributed by atoms with van der Waals surface area (Å²) >= 11 is 0. The molecule has 0 bridgehead atoms. The van der Waals surface area contributed by atoms with E-state index < -0.39 is 6.10 Å². The zero-order valence-corrected chi connectivity index (χ0v) is 15.6. The van der Waals surface area contributed by atoms with Gasteiger partial charge in [-0.15, -0.1) is 0 Å². The standard InChI is InChI=1S/C20H41NO2/c1-3-4-5-6-7-8-9-10-11-12-13-14-15-18(2)20(23)19(21)16-17-22/h15,19-20,22-23H,3-14,16-17,21H2,1-2H3/b18-15-/t19-,20+/m0/s1. The fraction of sp³-hybridized carbons (Fsp3) is 0.900.